The lowest BCUT2D eigenvalue weighted by molar-refractivity contribution is -0.137. The van der Waals surface area contributed by atoms with Crippen LogP contribution < -0.4 is 0 Å². The number of esters is 1. The van der Waals surface area contributed by atoms with Gasteiger partial charge in [-0.25, -0.2) is 4.79 Å². The molecule has 0 aromatic heterocycles. The second-order valence-electron chi connectivity index (χ2n) is 5.01. The van der Waals surface area contributed by atoms with E-state index < -0.39 is 0 Å². The predicted molar refractivity (Wildman–Crippen MR) is 74.6 cm³/mol. The molecule has 0 amide bonds. The largest absolute Gasteiger partial charge is 0.463 e. The van der Waals surface area contributed by atoms with Crippen LogP contribution in [0.3, 0.4) is 0 Å². The zero-order valence-electron chi connectivity index (χ0n) is 11.7. The van der Waals surface area contributed by atoms with E-state index in [1.807, 2.05) is 6.92 Å². The predicted octanol–water partition coefficient (Wildman–Crippen LogP) is 3.03. The van der Waals surface area contributed by atoms with Crippen LogP contribution in [0.2, 0.25) is 0 Å². The summed E-state index contributed by atoms with van der Waals surface area (Å²) in [5.74, 6) is 0.519. The molecule has 0 bridgehead atoms. The lowest BCUT2D eigenvalue weighted by Crippen LogP contribution is -2.10. The fraction of sp³-hybridized carbons (Fsp3) is 0.562. The van der Waals surface area contributed by atoms with Crippen molar-refractivity contribution in [2.45, 2.75) is 26.7 Å². The van der Waals surface area contributed by atoms with Gasteiger partial charge in [-0.15, -0.1) is 0 Å². The second-order valence-corrected chi connectivity index (χ2v) is 5.01. The fourth-order valence-corrected chi connectivity index (χ4v) is 2.60. The van der Waals surface area contributed by atoms with Crippen molar-refractivity contribution in [1.29, 1.82) is 0 Å². The first kappa shape index (κ1) is 14.1. The number of carbonyl (C=O) groups excluding carboxylic acids is 1. The molecule has 2 aliphatic rings. The van der Waals surface area contributed by atoms with Gasteiger partial charge in [0.2, 0.25) is 0 Å². The lowest BCUT2D eigenvalue weighted by Gasteiger charge is -2.18. The van der Waals surface area contributed by atoms with Crippen molar-refractivity contribution < 1.29 is 14.3 Å². The van der Waals surface area contributed by atoms with Gasteiger partial charge in [-0.3, -0.25) is 0 Å². The van der Waals surface area contributed by atoms with Gasteiger partial charge >= 0.3 is 5.97 Å². The van der Waals surface area contributed by atoms with Crippen molar-refractivity contribution in [2.75, 3.05) is 19.8 Å². The average Bonchev–Trinajstić information content (AvgIpc) is 2.78. The van der Waals surface area contributed by atoms with Crippen LogP contribution in [-0.4, -0.2) is 25.8 Å². The van der Waals surface area contributed by atoms with E-state index in [1.54, 1.807) is 6.08 Å². The molecule has 1 heterocycles. The van der Waals surface area contributed by atoms with Crippen LogP contribution in [0, 0.1) is 11.8 Å². The SMILES string of the molecule is CCOC(=O)/C=C1/C=C2/COCC2/C=C\CC1CC. The maximum absolute atomic E-state index is 11.7. The molecule has 0 aromatic carbocycles. The summed E-state index contributed by atoms with van der Waals surface area (Å²) < 4.78 is 10.5. The number of hydrogen-bond acceptors (Lipinski definition) is 3. The molecule has 2 unspecified atom stereocenters. The number of ether oxygens (including phenoxy) is 2. The smallest absolute Gasteiger partial charge is 0.331 e. The molecule has 1 saturated heterocycles. The summed E-state index contributed by atoms with van der Waals surface area (Å²) >= 11 is 0. The van der Waals surface area contributed by atoms with Crippen LogP contribution in [0.5, 0.6) is 0 Å². The third-order valence-corrected chi connectivity index (χ3v) is 3.72. The summed E-state index contributed by atoms with van der Waals surface area (Å²) in [4.78, 5) is 11.7. The number of rotatable bonds is 3. The van der Waals surface area contributed by atoms with Crippen LogP contribution >= 0.6 is 0 Å². The van der Waals surface area contributed by atoms with Gasteiger partial charge < -0.3 is 9.47 Å². The van der Waals surface area contributed by atoms with Crippen molar-refractivity contribution in [2.24, 2.45) is 11.8 Å². The highest BCUT2D eigenvalue weighted by Gasteiger charge is 2.23. The van der Waals surface area contributed by atoms with Crippen molar-refractivity contribution in [3.8, 4) is 0 Å². The molecule has 19 heavy (non-hydrogen) atoms. The Kier molecular flexibility index (Phi) is 4.97. The minimum absolute atomic E-state index is 0.243. The standard InChI is InChI=1S/C16H22O3/c1-3-12-6-5-7-13-10-18-11-15(13)8-14(12)9-16(17)19-4-2/h5,7-9,12-13H,3-4,6,10-11H2,1-2H3/b7-5-,14-9-,15-8-. The van der Waals surface area contributed by atoms with E-state index in [-0.39, 0.29) is 5.97 Å². The average molecular weight is 262 g/mol. The Morgan fingerprint density at radius 1 is 1.53 bits per heavy atom. The molecular formula is C16H22O3. The Balaban J connectivity index is 2.27. The summed E-state index contributed by atoms with van der Waals surface area (Å²) in [6.07, 6.45) is 10.3. The Bertz CT molecular complexity index is 418. The van der Waals surface area contributed by atoms with Crippen LogP contribution in [0.25, 0.3) is 0 Å². The van der Waals surface area contributed by atoms with E-state index in [2.05, 4.69) is 25.2 Å². The second kappa shape index (κ2) is 6.71. The minimum atomic E-state index is -0.243. The molecule has 0 N–H and O–H groups in total. The fourth-order valence-electron chi connectivity index (χ4n) is 2.60. The molecule has 0 saturated carbocycles. The molecule has 104 valence electrons. The number of allylic oxidation sites excluding steroid dienone is 3. The van der Waals surface area contributed by atoms with Gasteiger partial charge in [0.25, 0.3) is 0 Å². The summed E-state index contributed by atoms with van der Waals surface area (Å²) in [7, 11) is 0. The van der Waals surface area contributed by atoms with Crippen molar-refractivity contribution in [3.05, 3.63) is 35.5 Å². The molecule has 2 atom stereocenters. The zero-order valence-corrected chi connectivity index (χ0v) is 11.7. The van der Waals surface area contributed by atoms with Crippen molar-refractivity contribution in [1.82, 2.24) is 0 Å². The van der Waals surface area contributed by atoms with Crippen LogP contribution in [-0.2, 0) is 14.3 Å². The van der Waals surface area contributed by atoms with Crippen molar-refractivity contribution >= 4 is 5.97 Å². The lowest BCUT2D eigenvalue weighted by atomic mass is 9.86. The first-order chi connectivity index (χ1) is 9.24. The number of carbonyl (C=O) groups is 1. The first-order valence-electron chi connectivity index (χ1n) is 7.07. The molecule has 0 spiro atoms. The van der Waals surface area contributed by atoms with Crippen LogP contribution in [0.15, 0.2) is 35.5 Å². The highest BCUT2D eigenvalue weighted by molar-refractivity contribution is 5.83. The minimum Gasteiger partial charge on any atom is -0.463 e. The van der Waals surface area contributed by atoms with Gasteiger partial charge in [-0.2, -0.15) is 0 Å². The summed E-state index contributed by atoms with van der Waals surface area (Å²) in [6, 6.07) is 0. The van der Waals surface area contributed by atoms with Gasteiger partial charge in [0.05, 0.1) is 19.8 Å². The van der Waals surface area contributed by atoms with E-state index in [9.17, 15) is 4.79 Å². The Morgan fingerprint density at radius 3 is 3.11 bits per heavy atom. The van der Waals surface area contributed by atoms with Gasteiger partial charge in [0.1, 0.15) is 0 Å². The van der Waals surface area contributed by atoms with E-state index >= 15 is 0 Å². The third kappa shape index (κ3) is 3.57. The topological polar surface area (TPSA) is 35.5 Å². The summed E-state index contributed by atoms with van der Waals surface area (Å²) in [5.41, 5.74) is 2.35. The summed E-state index contributed by atoms with van der Waals surface area (Å²) in [6.45, 7) is 5.83. The van der Waals surface area contributed by atoms with E-state index in [1.165, 1.54) is 5.57 Å². The van der Waals surface area contributed by atoms with Gasteiger partial charge in [0.15, 0.2) is 0 Å². The van der Waals surface area contributed by atoms with Gasteiger partial charge in [0, 0.05) is 12.0 Å². The molecular weight excluding hydrogens is 240 g/mol. The van der Waals surface area contributed by atoms with Gasteiger partial charge in [-0.05, 0) is 36.8 Å². The molecule has 3 heteroatoms. The molecule has 1 fully saturated rings. The summed E-state index contributed by atoms with van der Waals surface area (Å²) in [5, 5.41) is 0. The Hall–Kier alpha value is -1.35. The molecule has 0 aromatic rings. The van der Waals surface area contributed by atoms with Crippen molar-refractivity contribution in [3.63, 3.8) is 0 Å². The van der Waals surface area contributed by atoms with Crippen LogP contribution in [0.1, 0.15) is 26.7 Å². The first-order valence-corrected chi connectivity index (χ1v) is 7.07. The molecule has 0 radical (unpaired) electrons. The molecule has 3 nitrogen and oxygen atoms in total. The van der Waals surface area contributed by atoms with Gasteiger partial charge in [-0.1, -0.05) is 25.2 Å². The molecule has 1 aliphatic carbocycles. The maximum atomic E-state index is 11.7. The highest BCUT2D eigenvalue weighted by atomic mass is 16.5. The highest BCUT2D eigenvalue weighted by Crippen LogP contribution is 2.30. The molecule has 2 rings (SSSR count). The number of fused-ring (bicyclic) bond motifs is 1. The zero-order chi connectivity index (χ0) is 13.7. The monoisotopic (exact) mass is 262 g/mol. The Morgan fingerprint density at radius 2 is 2.37 bits per heavy atom. The number of hydrogen-bond donors (Lipinski definition) is 0. The third-order valence-electron chi connectivity index (χ3n) is 3.72. The van der Waals surface area contributed by atoms with E-state index in [4.69, 9.17) is 9.47 Å². The van der Waals surface area contributed by atoms with E-state index in [0.717, 1.165) is 25.0 Å². The quantitative estimate of drug-likeness (QED) is 0.445. The van der Waals surface area contributed by atoms with Crippen LogP contribution in [0.4, 0.5) is 0 Å². The normalized spacial score (nSPS) is 32.9. The molecule has 1 aliphatic heterocycles. The Labute approximate surface area is 115 Å². The van der Waals surface area contributed by atoms with E-state index in [0.29, 0.717) is 25.0 Å². The maximum Gasteiger partial charge on any atom is 0.331 e.